The summed E-state index contributed by atoms with van der Waals surface area (Å²) in [5.74, 6) is -3.62. The Morgan fingerprint density at radius 2 is 2.11 bits per heavy atom. The zero-order chi connectivity index (χ0) is 13.9. The number of carbonyl (C=O) groups is 1. The van der Waals surface area contributed by atoms with Gasteiger partial charge in [-0.25, -0.2) is 13.0 Å². The first-order valence-electron chi connectivity index (χ1n) is 5.06. The molecule has 0 saturated heterocycles. The topological polar surface area (TPSA) is 83.6 Å². The highest BCUT2D eigenvalue weighted by Gasteiger charge is 2.23. The van der Waals surface area contributed by atoms with Crippen LogP contribution in [0.4, 0.5) is 14.5 Å². The lowest BCUT2D eigenvalue weighted by Gasteiger charge is -2.20. The van der Waals surface area contributed by atoms with E-state index in [4.69, 9.17) is 10.3 Å². The molecule has 0 aliphatic carbocycles. The Hall–Kier alpha value is -1.54. The van der Waals surface area contributed by atoms with Crippen LogP contribution in [0.25, 0.3) is 0 Å². The summed E-state index contributed by atoms with van der Waals surface area (Å²) >= 11 is -2.47. The van der Waals surface area contributed by atoms with E-state index in [9.17, 15) is 17.8 Å². The van der Waals surface area contributed by atoms with Crippen LogP contribution in [0.2, 0.25) is 0 Å². The summed E-state index contributed by atoms with van der Waals surface area (Å²) in [5.41, 5.74) is 3.60. The molecule has 1 aromatic rings. The van der Waals surface area contributed by atoms with Crippen LogP contribution in [0.15, 0.2) is 12.1 Å². The quantitative estimate of drug-likeness (QED) is 0.799. The number of carbonyl (C=O) groups excluding carboxylic acids is 1. The summed E-state index contributed by atoms with van der Waals surface area (Å²) in [4.78, 5) is 10.9. The van der Waals surface area contributed by atoms with Gasteiger partial charge in [0, 0.05) is 6.54 Å². The van der Waals surface area contributed by atoms with Gasteiger partial charge in [0.05, 0.1) is 5.69 Å². The highest BCUT2D eigenvalue weighted by molar-refractivity contribution is 7.80. The van der Waals surface area contributed by atoms with Gasteiger partial charge < -0.3 is 5.73 Å². The Labute approximate surface area is 105 Å². The molecule has 8 heteroatoms. The number of amides is 1. The van der Waals surface area contributed by atoms with Crippen molar-refractivity contribution < 1.29 is 22.3 Å². The molecule has 18 heavy (non-hydrogen) atoms. The van der Waals surface area contributed by atoms with E-state index < -0.39 is 34.4 Å². The molecule has 100 valence electrons. The number of nitrogens with zero attached hydrogens (tertiary/aromatic N) is 1. The molecule has 0 aliphatic rings. The van der Waals surface area contributed by atoms with E-state index >= 15 is 0 Å². The molecule has 1 amide bonds. The third kappa shape index (κ3) is 2.82. The molecule has 0 heterocycles. The fourth-order valence-electron chi connectivity index (χ4n) is 1.45. The Morgan fingerprint density at radius 1 is 1.50 bits per heavy atom. The number of hydrogen-bond donors (Lipinski definition) is 2. The van der Waals surface area contributed by atoms with Gasteiger partial charge in [0.2, 0.25) is 0 Å². The fourth-order valence-corrected chi connectivity index (χ4v) is 2.09. The number of hydrogen-bond acceptors (Lipinski definition) is 2. The Kier molecular flexibility index (Phi) is 4.74. The molecule has 0 aliphatic heterocycles. The first-order chi connectivity index (χ1) is 8.40. The van der Waals surface area contributed by atoms with Crippen LogP contribution >= 0.6 is 0 Å². The van der Waals surface area contributed by atoms with Crippen LogP contribution in [0.3, 0.4) is 0 Å². The van der Waals surface area contributed by atoms with Crippen molar-refractivity contribution in [1.29, 1.82) is 0 Å². The molecule has 0 bridgehead atoms. The van der Waals surface area contributed by atoms with Crippen molar-refractivity contribution in [2.24, 2.45) is 5.73 Å². The van der Waals surface area contributed by atoms with Gasteiger partial charge in [0.15, 0.2) is 5.82 Å². The Morgan fingerprint density at radius 3 is 2.56 bits per heavy atom. The van der Waals surface area contributed by atoms with Crippen LogP contribution < -0.4 is 10.0 Å². The molecule has 3 N–H and O–H groups in total. The summed E-state index contributed by atoms with van der Waals surface area (Å²) in [7, 11) is 0. The molecule has 5 nitrogen and oxygen atoms in total. The highest BCUT2D eigenvalue weighted by Crippen LogP contribution is 2.25. The molecule has 0 radical (unpaired) electrons. The van der Waals surface area contributed by atoms with Crippen molar-refractivity contribution in [3.8, 4) is 0 Å². The summed E-state index contributed by atoms with van der Waals surface area (Å²) in [6, 6.07) is 1.81. The number of primary amides is 1. The number of halogens is 2. The molecule has 0 aromatic heterocycles. The van der Waals surface area contributed by atoms with Crippen molar-refractivity contribution in [3.63, 3.8) is 0 Å². The molecule has 1 aromatic carbocycles. The number of nitrogens with two attached hydrogens (primary N) is 1. The third-order valence-electron chi connectivity index (χ3n) is 2.20. The third-order valence-corrected chi connectivity index (χ3v) is 2.96. The molecule has 1 unspecified atom stereocenters. The predicted molar refractivity (Wildman–Crippen MR) is 63.3 cm³/mol. The lowest BCUT2D eigenvalue weighted by Crippen LogP contribution is -2.28. The van der Waals surface area contributed by atoms with E-state index in [0.717, 1.165) is 16.4 Å². The zero-order valence-electron chi connectivity index (χ0n) is 9.52. The van der Waals surface area contributed by atoms with Gasteiger partial charge in [0.1, 0.15) is 11.4 Å². The second-order valence-electron chi connectivity index (χ2n) is 3.45. The van der Waals surface area contributed by atoms with Crippen LogP contribution in [0.1, 0.15) is 23.7 Å². The van der Waals surface area contributed by atoms with Crippen molar-refractivity contribution >= 4 is 22.9 Å². The van der Waals surface area contributed by atoms with Gasteiger partial charge >= 0.3 is 0 Å². The highest BCUT2D eigenvalue weighted by atomic mass is 32.2. The smallest absolute Gasteiger partial charge is 0.261 e. The largest absolute Gasteiger partial charge is 0.365 e. The van der Waals surface area contributed by atoms with Gasteiger partial charge in [-0.3, -0.25) is 13.7 Å². The van der Waals surface area contributed by atoms with E-state index in [1.807, 2.05) is 0 Å². The van der Waals surface area contributed by atoms with E-state index in [0.29, 0.717) is 6.42 Å². The van der Waals surface area contributed by atoms with Crippen LogP contribution in [-0.2, 0) is 11.3 Å². The molecule has 1 rings (SSSR count). The summed E-state index contributed by atoms with van der Waals surface area (Å²) in [6.07, 6.45) is 0.467. The van der Waals surface area contributed by atoms with Crippen LogP contribution in [0, 0.1) is 11.6 Å². The average Bonchev–Trinajstić information content (AvgIpc) is 2.26. The Balaban J connectivity index is 3.37. The van der Waals surface area contributed by atoms with Gasteiger partial charge in [-0.05, 0) is 18.6 Å². The van der Waals surface area contributed by atoms with E-state index in [1.165, 1.54) is 0 Å². The first kappa shape index (κ1) is 14.5. The van der Waals surface area contributed by atoms with Gasteiger partial charge in [0.25, 0.3) is 17.2 Å². The summed E-state index contributed by atoms with van der Waals surface area (Å²) in [6.45, 7) is 1.79. The van der Waals surface area contributed by atoms with Gasteiger partial charge in [-0.15, -0.1) is 0 Å². The molecule has 0 spiro atoms. The normalized spacial score (nSPS) is 12.2. The Bertz CT molecular complexity index is 496. The fraction of sp³-hybridized carbons (Fsp3) is 0.300. The molecule has 0 saturated carbocycles. The van der Waals surface area contributed by atoms with E-state index in [2.05, 4.69) is 0 Å². The van der Waals surface area contributed by atoms with E-state index in [1.54, 1.807) is 6.92 Å². The van der Waals surface area contributed by atoms with Crippen molar-refractivity contribution in [3.05, 3.63) is 29.3 Å². The lowest BCUT2D eigenvalue weighted by molar-refractivity contribution is 0.0992. The maximum atomic E-state index is 13.9. The predicted octanol–water partition coefficient (Wildman–Crippen LogP) is 1.42. The van der Waals surface area contributed by atoms with Crippen LogP contribution in [-0.4, -0.2) is 21.2 Å². The maximum absolute atomic E-state index is 13.9. The maximum Gasteiger partial charge on any atom is 0.261 e. The standard InChI is InChI=1S/C10H12F2N2O3S/c1-2-5-14(18(16)17)7-4-3-6(11)8(9(7)12)10(13)15/h3-4H,2,5H2,1H3,(H2,13,15)(H,16,17). The second kappa shape index (κ2) is 5.87. The SMILES string of the molecule is CCCN(c1ccc(F)c(C(N)=O)c1F)S(=O)O. The minimum atomic E-state index is -2.47. The average molecular weight is 278 g/mol. The van der Waals surface area contributed by atoms with Gasteiger partial charge in [-0.2, -0.15) is 0 Å². The van der Waals surface area contributed by atoms with Gasteiger partial charge in [-0.1, -0.05) is 6.92 Å². The van der Waals surface area contributed by atoms with Crippen molar-refractivity contribution in [2.75, 3.05) is 10.8 Å². The number of rotatable bonds is 5. The van der Waals surface area contributed by atoms with Crippen LogP contribution in [0.5, 0.6) is 0 Å². The summed E-state index contributed by atoms with van der Waals surface area (Å²) in [5, 5.41) is 0. The van der Waals surface area contributed by atoms with E-state index in [-0.39, 0.29) is 12.2 Å². The molecular formula is C10H12F2N2O3S. The molecular weight excluding hydrogens is 266 g/mol. The van der Waals surface area contributed by atoms with Crippen molar-refractivity contribution in [1.82, 2.24) is 0 Å². The summed E-state index contributed by atoms with van der Waals surface area (Å²) < 4.78 is 48.0. The number of anilines is 1. The number of benzene rings is 1. The molecule has 1 atom stereocenters. The zero-order valence-corrected chi connectivity index (χ0v) is 10.3. The molecule has 0 fully saturated rings. The minimum absolute atomic E-state index is 0.0733. The lowest BCUT2D eigenvalue weighted by atomic mass is 10.1. The minimum Gasteiger partial charge on any atom is -0.365 e. The monoisotopic (exact) mass is 278 g/mol. The van der Waals surface area contributed by atoms with Crippen molar-refractivity contribution in [2.45, 2.75) is 13.3 Å². The second-order valence-corrected chi connectivity index (χ2v) is 4.35. The first-order valence-corrected chi connectivity index (χ1v) is 6.12.